The van der Waals surface area contributed by atoms with Crippen LogP contribution in [0.15, 0.2) is 42.7 Å². The van der Waals surface area contributed by atoms with Crippen molar-refractivity contribution in [1.82, 2.24) is 30.0 Å². The molecule has 0 unspecified atom stereocenters. The Morgan fingerprint density at radius 2 is 1.92 bits per heavy atom. The molecule has 0 bridgehead atoms. The van der Waals surface area contributed by atoms with Gasteiger partial charge in [0.25, 0.3) is 0 Å². The van der Waals surface area contributed by atoms with Gasteiger partial charge in [-0.15, -0.1) is 5.10 Å². The summed E-state index contributed by atoms with van der Waals surface area (Å²) in [4.78, 5) is 16.6. The van der Waals surface area contributed by atoms with E-state index in [1.807, 2.05) is 23.1 Å². The van der Waals surface area contributed by atoms with Crippen LogP contribution in [0, 0.1) is 0 Å². The number of nitrogens with zero attached hydrogens (tertiary/aromatic N) is 6. The van der Waals surface area contributed by atoms with E-state index in [1.54, 1.807) is 11.0 Å². The Kier molecular flexibility index (Phi) is 6.28. The maximum atomic E-state index is 12.3. The topological polar surface area (TPSA) is 67.2 Å². The van der Waals surface area contributed by atoms with E-state index in [4.69, 9.17) is 0 Å². The number of tetrazole rings is 1. The summed E-state index contributed by atoms with van der Waals surface area (Å²) in [7, 11) is 0. The summed E-state index contributed by atoms with van der Waals surface area (Å²) in [6.07, 6.45) is 7.24. The first kappa shape index (κ1) is 17.3. The molecule has 1 aromatic carbocycles. The summed E-state index contributed by atoms with van der Waals surface area (Å²) in [5, 5.41) is 11.0. The van der Waals surface area contributed by atoms with E-state index < -0.39 is 0 Å². The number of carbonyl (C=O) groups excluding carboxylic acids is 1. The summed E-state index contributed by atoms with van der Waals surface area (Å²) >= 11 is 0. The van der Waals surface area contributed by atoms with Gasteiger partial charge < -0.3 is 4.90 Å². The molecule has 1 saturated heterocycles. The maximum absolute atomic E-state index is 12.3. The van der Waals surface area contributed by atoms with Crippen molar-refractivity contribution in [3.8, 4) is 0 Å². The van der Waals surface area contributed by atoms with E-state index >= 15 is 0 Å². The highest BCUT2D eigenvalue weighted by atomic mass is 16.2. The molecule has 0 spiro atoms. The van der Waals surface area contributed by atoms with Crippen LogP contribution in [0.1, 0.15) is 18.4 Å². The molecule has 0 atom stereocenters. The van der Waals surface area contributed by atoms with Crippen LogP contribution in [0.3, 0.4) is 0 Å². The molecule has 132 valence electrons. The fraction of sp³-hybridized carbons (Fsp3) is 0.444. The Balaban J connectivity index is 1.33. The smallest absolute Gasteiger partial charge is 0.222 e. The van der Waals surface area contributed by atoms with Crippen molar-refractivity contribution in [3.63, 3.8) is 0 Å². The van der Waals surface area contributed by atoms with Crippen LogP contribution in [0.5, 0.6) is 0 Å². The van der Waals surface area contributed by atoms with Gasteiger partial charge in [0.15, 0.2) is 0 Å². The van der Waals surface area contributed by atoms with Crippen LogP contribution < -0.4 is 0 Å². The van der Waals surface area contributed by atoms with E-state index in [0.29, 0.717) is 13.0 Å². The highest BCUT2D eigenvalue weighted by molar-refractivity contribution is 5.76. The van der Waals surface area contributed by atoms with Gasteiger partial charge in [-0.05, 0) is 22.4 Å². The SMILES string of the molecule is O=C(CCCn1cnnn1)N1CCN(C/C=C/c2ccccc2)CC1. The largest absolute Gasteiger partial charge is 0.340 e. The maximum Gasteiger partial charge on any atom is 0.222 e. The number of aryl methyl sites for hydroxylation is 1. The Morgan fingerprint density at radius 1 is 1.12 bits per heavy atom. The van der Waals surface area contributed by atoms with Crippen molar-refractivity contribution in [2.75, 3.05) is 32.7 Å². The Labute approximate surface area is 147 Å². The van der Waals surface area contributed by atoms with Crippen LogP contribution in [0.2, 0.25) is 0 Å². The molecule has 0 saturated carbocycles. The summed E-state index contributed by atoms with van der Waals surface area (Å²) < 4.78 is 1.66. The second-order valence-electron chi connectivity index (χ2n) is 6.17. The van der Waals surface area contributed by atoms with Gasteiger partial charge in [-0.1, -0.05) is 42.5 Å². The third-order valence-electron chi connectivity index (χ3n) is 4.37. The lowest BCUT2D eigenvalue weighted by Gasteiger charge is -2.34. The van der Waals surface area contributed by atoms with Crippen molar-refractivity contribution < 1.29 is 4.79 Å². The molecule has 1 aliphatic heterocycles. The number of carbonyl (C=O) groups is 1. The first-order valence-corrected chi connectivity index (χ1v) is 8.74. The zero-order valence-corrected chi connectivity index (χ0v) is 14.4. The number of hydrogen-bond acceptors (Lipinski definition) is 5. The number of piperazine rings is 1. The van der Waals surface area contributed by atoms with Crippen LogP contribution in [-0.2, 0) is 11.3 Å². The zero-order chi connectivity index (χ0) is 17.3. The summed E-state index contributed by atoms with van der Waals surface area (Å²) in [6.45, 7) is 5.08. The molecule has 1 aromatic heterocycles. The molecule has 2 heterocycles. The van der Waals surface area contributed by atoms with Crippen LogP contribution in [-0.4, -0.2) is 68.6 Å². The van der Waals surface area contributed by atoms with Gasteiger partial charge in [0.1, 0.15) is 6.33 Å². The second kappa shape index (κ2) is 9.08. The highest BCUT2D eigenvalue weighted by Crippen LogP contribution is 2.07. The van der Waals surface area contributed by atoms with Gasteiger partial charge in [-0.3, -0.25) is 9.69 Å². The molecule has 1 aliphatic rings. The van der Waals surface area contributed by atoms with Crippen molar-refractivity contribution in [1.29, 1.82) is 0 Å². The first-order valence-electron chi connectivity index (χ1n) is 8.74. The van der Waals surface area contributed by atoms with Crippen LogP contribution in [0.25, 0.3) is 6.08 Å². The predicted molar refractivity (Wildman–Crippen MR) is 95.5 cm³/mol. The molecule has 0 radical (unpaired) electrons. The number of aromatic nitrogens is 4. The van der Waals surface area contributed by atoms with Gasteiger partial charge in [0, 0.05) is 45.7 Å². The minimum atomic E-state index is 0.229. The van der Waals surface area contributed by atoms with E-state index in [0.717, 1.165) is 39.1 Å². The number of benzene rings is 1. The third-order valence-corrected chi connectivity index (χ3v) is 4.37. The Morgan fingerprint density at radius 3 is 2.64 bits per heavy atom. The summed E-state index contributed by atoms with van der Waals surface area (Å²) in [5.74, 6) is 0.229. The van der Waals surface area contributed by atoms with Crippen molar-refractivity contribution >= 4 is 12.0 Å². The molecular formula is C18H24N6O. The van der Waals surface area contributed by atoms with Gasteiger partial charge in [-0.2, -0.15) is 0 Å². The predicted octanol–water partition coefficient (Wildman–Crippen LogP) is 1.31. The summed E-state index contributed by atoms with van der Waals surface area (Å²) in [5.41, 5.74) is 1.22. The fourth-order valence-corrected chi connectivity index (χ4v) is 2.91. The highest BCUT2D eigenvalue weighted by Gasteiger charge is 2.19. The molecular weight excluding hydrogens is 316 g/mol. The lowest BCUT2D eigenvalue weighted by atomic mass is 10.2. The zero-order valence-electron chi connectivity index (χ0n) is 14.4. The molecule has 25 heavy (non-hydrogen) atoms. The fourth-order valence-electron chi connectivity index (χ4n) is 2.91. The number of amides is 1. The van der Waals surface area contributed by atoms with E-state index in [1.165, 1.54) is 5.56 Å². The molecule has 3 rings (SSSR count). The lowest BCUT2D eigenvalue weighted by molar-refractivity contribution is -0.133. The van der Waals surface area contributed by atoms with Crippen molar-refractivity contribution in [2.24, 2.45) is 0 Å². The van der Waals surface area contributed by atoms with Crippen LogP contribution >= 0.6 is 0 Å². The normalized spacial score (nSPS) is 15.8. The van der Waals surface area contributed by atoms with Gasteiger partial charge >= 0.3 is 0 Å². The van der Waals surface area contributed by atoms with Gasteiger partial charge in [0.05, 0.1) is 0 Å². The van der Waals surface area contributed by atoms with Crippen molar-refractivity contribution in [2.45, 2.75) is 19.4 Å². The minimum absolute atomic E-state index is 0.229. The van der Waals surface area contributed by atoms with E-state index in [9.17, 15) is 4.79 Å². The average molecular weight is 340 g/mol. The first-order chi connectivity index (χ1) is 12.3. The molecule has 1 fully saturated rings. The lowest BCUT2D eigenvalue weighted by Crippen LogP contribution is -2.48. The van der Waals surface area contributed by atoms with Crippen molar-refractivity contribution in [3.05, 3.63) is 48.3 Å². The van der Waals surface area contributed by atoms with E-state index in [-0.39, 0.29) is 5.91 Å². The average Bonchev–Trinajstić information content (AvgIpc) is 3.16. The quantitative estimate of drug-likeness (QED) is 0.760. The van der Waals surface area contributed by atoms with Crippen LogP contribution in [0.4, 0.5) is 0 Å². The Hall–Kier alpha value is -2.54. The molecule has 7 nitrogen and oxygen atoms in total. The standard InChI is InChI=1S/C18H24N6O/c25-18(9-5-11-24-16-19-20-21-24)23-14-12-22(13-15-23)10-4-8-17-6-2-1-3-7-17/h1-4,6-8,16H,5,9-15H2/b8-4+. The van der Waals surface area contributed by atoms with Gasteiger partial charge in [0.2, 0.25) is 5.91 Å². The Bertz CT molecular complexity index is 662. The molecule has 0 N–H and O–H groups in total. The monoisotopic (exact) mass is 340 g/mol. The molecule has 2 aromatic rings. The molecule has 7 heteroatoms. The van der Waals surface area contributed by atoms with E-state index in [2.05, 4.69) is 44.7 Å². The molecule has 1 amide bonds. The minimum Gasteiger partial charge on any atom is -0.340 e. The van der Waals surface area contributed by atoms with Gasteiger partial charge in [-0.25, -0.2) is 4.68 Å². The summed E-state index contributed by atoms with van der Waals surface area (Å²) in [6, 6.07) is 10.3. The number of rotatable bonds is 7. The molecule has 0 aliphatic carbocycles. The number of hydrogen-bond donors (Lipinski definition) is 0. The second-order valence-corrected chi connectivity index (χ2v) is 6.17. The third kappa shape index (κ3) is 5.49.